The highest BCUT2D eigenvalue weighted by Gasteiger charge is 2.27. The molecule has 4 rings (SSSR count). The summed E-state index contributed by atoms with van der Waals surface area (Å²) < 4.78 is 0. The number of phenolic OH excluding ortho intramolecular Hbond substituents is 1. The molecule has 0 aliphatic carbocycles. The first-order valence-electron chi connectivity index (χ1n) is 9.03. The van der Waals surface area contributed by atoms with Gasteiger partial charge in [-0.05, 0) is 36.2 Å². The van der Waals surface area contributed by atoms with Crippen LogP contribution in [0.4, 0.5) is 0 Å². The van der Waals surface area contributed by atoms with Crippen LogP contribution in [0.5, 0.6) is 5.75 Å². The molecule has 0 unspecified atom stereocenters. The smallest absolute Gasteiger partial charge is 0.126 e. The zero-order valence-electron chi connectivity index (χ0n) is 15.1. The molecule has 1 aliphatic heterocycles. The number of rotatable bonds is 3. The Kier molecular flexibility index (Phi) is 4.97. The number of hydrogen-bond acceptors (Lipinski definition) is 3. The molecule has 0 fully saturated rings. The van der Waals surface area contributed by atoms with E-state index in [0.29, 0.717) is 17.2 Å². The van der Waals surface area contributed by atoms with Crippen LogP contribution in [0.2, 0.25) is 5.02 Å². The average Bonchev–Trinajstić information content (AvgIpc) is 2.69. The molecular formula is C23H21ClN2O. The number of aryl methyl sites for hydroxylation is 1. The van der Waals surface area contributed by atoms with Crippen LogP contribution in [0.25, 0.3) is 0 Å². The molecule has 2 N–H and O–H groups in total. The molecule has 136 valence electrons. The van der Waals surface area contributed by atoms with Crippen LogP contribution in [0.1, 0.15) is 40.9 Å². The quantitative estimate of drug-likeness (QED) is 0.627. The van der Waals surface area contributed by atoms with Crippen molar-refractivity contribution in [2.45, 2.75) is 25.6 Å². The van der Waals surface area contributed by atoms with Gasteiger partial charge >= 0.3 is 0 Å². The zero-order valence-corrected chi connectivity index (χ0v) is 15.8. The van der Waals surface area contributed by atoms with Crippen LogP contribution in [0.3, 0.4) is 0 Å². The van der Waals surface area contributed by atoms with Gasteiger partial charge in [-0.2, -0.15) is 0 Å². The summed E-state index contributed by atoms with van der Waals surface area (Å²) in [6.45, 7) is 2.08. The molecule has 27 heavy (non-hydrogen) atoms. The highest BCUT2D eigenvalue weighted by molar-refractivity contribution is 6.30. The maximum atomic E-state index is 10.4. The molecule has 0 bridgehead atoms. The number of halogens is 1. The number of para-hydroxylation sites is 1. The first-order chi connectivity index (χ1) is 13.1. The Bertz CT molecular complexity index is 964. The molecule has 1 aliphatic rings. The number of nitrogens with one attached hydrogen (secondary N) is 1. The minimum absolute atomic E-state index is 0.0271. The minimum Gasteiger partial charge on any atom is -0.508 e. The Morgan fingerprint density at radius 2 is 1.67 bits per heavy atom. The van der Waals surface area contributed by atoms with E-state index < -0.39 is 0 Å². The van der Waals surface area contributed by atoms with Gasteiger partial charge in [0.1, 0.15) is 11.9 Å². The van der Waals surface area contributed by atoms with Gasteiger partial charge in [0.2, 0.25) is 0 Å². The van der Waals surface area contributed by atoms with Crippen molar-refractivity contribution in [2.24, 2.45) is 4.99 Å². The molecular weight excluding hydrogens is 356 g/mol. The highest BCUT2D eigenvalue weighted by Crippen LogP contribution is 2.34. The lowest BCUT2D eigenvalue weighted by Crippen LogP contribution is -2.33. The number of hydrogen-bond donors (Lipinski definition) is 2. The maximum absolute atomic E-state index is 10.4. The lowest BCUT2D eigenvalue weighted by atomic mass is 9.93. The lowest BCUT2D eigenvalue weighted by Gasteiger charge is -2.31. The summed E-state index contributed by atoms with van der Waals surface area (Å²) >= 11 is 6.05. The van der Waals surface area contributed by atoms with E-state index in [2.05, 4.69) is 36.5 Å². The second kappa shape index (κ2) is 7.55. The molecule has 3 aromatic carbocycles. The van der Waals surface area contributed by atoms with E-state index in [9.17, 15) is 5.11 Å². The number of aromatic hydroxyl groups is 1. The highest BCUT2D eigenvalue weighted by atomic mass is 35.5. The molecule has 1 heterocycles. The van der Waals surface area contributed by atoms with Crippen LogP contribution in [0, 0.1) is 6.92 Å². The first kappa shape index (κ1) is 17.8. The summed E-state index contributed by atoms with van der Waals surface area (Å²) in [6, 6.07) is 23.6. The van der Waals surface area contributed by atoms with Gasteiger partial charge in [-0.3, -0.25) is 10.3 Å². The fourth-order valence-corrected chi connectivity index (χ4v) is 3.55. The first-order valence-corrected chi connectivity index (χ1v) is 9.41. The third-order valence-electron chi connectivity index (χ3n) is 4.92. The van der Waals surface area contributed by atoms with Gasteiger partial charge in [0, 0.05) is 28.8 Å². The summed E-state index contributed by atoms with van der Waals surface area (Å²) in [6.07, 6.45) is 0.516. The van der Waals surface area contributed by atoms with Crippen LogP contribution in [0.15, 0.2) is 77.8 Å². The monoisotopic (exact) mass is 376 g/mol. The molecule has 0 saturated heterocycles. The molecule has 0 aromatic heterocycles. The van der Waals surface area contributed by atoms with Gasteiger partial charge in [0.15, 0.2) is 0 Å². The van der Waals surface area contributed by atoms with Crippen molar-refractivity contribution >= 4 is 17.3 Å². The second-order valence-corrected chi connectivity index (χ2v) is 7.31. The summed E-state index contributed by atoms with van der Waals surface area (Å²) in [7, 11) is 0. The minimum atomic E-state index is -0.197. The SMILES string of the molecule is Cc1ccc(C2=N[C@H](c3ccc(Cl)cc3)N[C@@H](c3ccccc3O)C2)cc1. The Hall–Kier alpha value is -2.62. The molecule has 4 heteroatoms. The molecule has 0 spiro atoms. The van der Waals surface area contributed by atoms with Crippen molar-refractivity contribution in [2.75, 3.05) is 0 Å². The van der Waals surface area contributed by atoms with E-state index in [4.69, 9.17) is 16.6 Å². The maximum Gasteiger partial charge on any atom is 0.126 e. The number of nitrogens with zero attached hydrogens (tertiary/aromatic N) is 1. The molecule has 3 aromatic rings. The van der Waals surface area contributed by atoms with E-state index in [-0.39, 0.29) is 12.2 Å². The molecule has 0 saturated carbocycles. The Balaban J connectivity index is 1.75. The molecule has 2 atom stereocenters. The van der Waals surface area contributed by atoms with E-state index >= 15 is 0 Å². The van der Waals surface area contributed by atoms with Crippen molar-refractivity contribution in [3.8, 4) is 5.75 Å². The third kappa shape index (κ3) is 3.90. The van der Waals surface area contributed by atoms with Gasteiger partial charge in [-0.1, -0.05) is 71.8 Å². The van der Waals surface area contributed by atoms with Crippen molar-refractivity contribution in [3.63, 3.8) is 0 Å². The standard InChI is InChI=1S/C23H21ClN2O/c1-15-6-8-16(9-7-15)20-14-21(19-4-2-3-5-22(19)27)26-23(25-20)17-10-12-18(24)13-11-17/h2-13,21,23,26-27H,14H2,1H3/t21-,23+/m1/s1. The van der Waals surface area contributed by atoms with E-state index in [0.717, 1.165) is 22.4 Å². The zero-order chi connectivity index (χ0) is 18.8. The third-order valence-corrected chi connectivity index (χ3v) is 5.18. The number of benzene rings is 3. The summed E-state index contributed by atoms with van der Waals surface area (Å²) in [5.41, 5.74) is 5.29. The topological polar surface area (TPSA) is 44.6 Å². The van der Waals surface area contributed by atoms with E-state index in [1.807, 2.05) is 42.5 Å². The summed E-state index contributed by atoms with van der Waals surface area (Å²) in [5, 5.41) is 14.6. The summed E-state index contributed by atoms with van der Waals surface area (Å²) in [4.78, 5) is 4.97. The summed E-state index contributed by atoms with van der Waals surface area (Å²) in [5.74, 6) is 0.301. The van der Waals surface area contributed by atoms with Crippen LogP contribution in [-0.2, 0) is 0 Å². The second-order valence-electron chi connectivity index (χ2n) is 6.88. The van der Waals surface area contributed by atoms with Gasteiger partial charge in [-0.25, -0.2) is 0 Å². The number of aliphatic imine (C=N–C) groups is 1. The van der Waals surface area contributed by atoms with Crippen LogP contribution in [-0.4, -0.2) is 10.8 Å². The Morgan fingerprint density at radius 1 is 0.963 bits per heavy atom. The van der Waals surface area contributed by atoms with Crippen molar-refractivity contribution < 1.29 is 5.11 Å². The van der Waals surface area contributed by atoms with Crippen molar-refractivity contribution in [3.05, 3.63) is 100 Å². The molecule has 0 radical (unpaired) electrons. The Morgan fingerprint density at radius 3 is 2.37 bits per heavy atom. The van der Waals surface area contributed by atoms with Crippen LogP contribution >= 0.6 is 11.6 Å². The van der Waals surface area contributed by atoms with Gasteiger partial charge in [0.25, 0.3) is 0 Å². The number of phenols is 1. The van der Waals surface area contributed by atoms with Crippen LogP contribution < -0.4 is 5.32 Å². The predicted molar refractivity (Wildman–Crippen MR) is 111 cm³/mol. The molecule has 3 nitrogen and oxygen atoms in total. The fraction of sp³-hybridized carbons (Fsp3) is 0.174. The van der Waals surface area contributed by atoms with Crippen molar-refractivity contribution in [1.82, 2.24) is 5.32 Å². The van der Waals surface area contributed by atoms with E-state index in [1.165, 1.54) is 5.56 Å². The average molecular weight is 377 g/mol. The van der Waals surface area contributed by atoms with Gasteiger partial charge in [-0.15, -0.1) is 0 Å². The predicted octanol–water partition coefficient (Wildman–Crippen LogP) is 5.58. The normalized spacial score (nSPS) is 19.6. The van der Waals surface area contributed by atoms with E-state index in [1.54, 1.807) is 6.07 Å². The van der Waals surface area contributed by atoms with Gasteiger partial charge < -0.3 is 5.11 Å². The molecule has 0 amide bonds. The lowest BCUT2D eigenvalue weighted by molar-refractivity contribution is 0.413. The van der Waals surface area contributed by atoms with Gasteiger partial charge in [0.05, 0.1) is 0 Å². The van der Waals surface area contributed by atoms with Crippen molar-refractivity contribution in [1.29, 1.82) is 0 Å². The Labute approximate surface area is 164 Å². The fourth-order valence-electron chi connectivity index (χ4n) is 3.42. The largest absolute Gasteiger partial charge is 0.508 e.